The summed E-state index contributed by atoms with van der Waals surface area (Å²) >= 11 is 7.81. The zero-order chi connectivity index (χ0) is 17.6. The Labute approximate surface area is 158 Å². The smallest absolute Gasteiger partial charge is 0.232 e. The van der Waals surface area contributed by atoms with Crippen molar-refractivity contribution in [1.82, 2.24) is 14.5 Å². The molecule has 0 unspecified atom stereocenters. The Hall–Kier alpha value is -1.46. The number of likely N-dealkylation sites (tertiary alicyclic amines) is 1. The van der Waals surface area contributed by atoms with E-state index >= 15 is 0 Å². The highest BCUT2D eigenvalue weighted by Crippen LogP contribution is 2.23. The predicted molar refractivity (Wildman–Crippen MR) is 104 cm³/mol. The van der Waals surface area contributed by atoms with Crippen LogP contribution >= 0.6 is 23.4 Å². The summed E-state index contributed by atoms with van der Waals surface area (Å²) in [6.45, 7) is 4.70. The average molecular weight is 378 g/mol. The molecule has 0 N–H and O–H groups in total. The molecular formula is C19H24ClN3OS. The van der Waals surface area contributed by atoms with Crippen LogP contribution in [0.4, 0.5) is 0 Å². The van der Waals surface area contributed by atoms with Crippen molar-refractivity contribution in [3.8, 4) is 0 Å². The van der Waals surface area contributed by atoms with Crippen LogP contribution in [0.5, 0.6) is 0 Å². The van der Waals surface area contributed by atoms with Crippen molar-refractivity contribution >= 4 is 29.3 Å². The molecule has 1 aliphatic rings. The van der Waals surface area contributed by atoms with Crippen LogP contribution in [-0.2, 0) is 17.1 Å². The number of carbonyl (C=O) groups is 1. The van der Waals surface area contributed by atoms with E-state index in [4.69, 9.17) is 11.6 Å². The zero-order valence-corrected chi connectivity index (χ0v) is 16.1. The van der Waals surface area contributed by atoms with Crippen LogP contribution in [0.15, 0.2) is 36.7 Å². The van der Waals surface area contributed by atoms with Crippen LogP contribution in [0, 0.1) is 12.8 Å². The topological polar surface area (TPSA) is 38.1 Å². The number of imidazole rings is 1. The Bertz CT molecular complexity index is 718. The Morgan fingerprint density at radius 1 is 1.40 bits per heavy atom. The number of piperidine rings is 1. The first-order valence-corrected chi connectivity index (χ1v) is 10.2. The molecule has 0 radical (unpaired) electrons. The minimum atomic E-state index is 0.240. The van der Waals surface area contributed by atoms with Gasteiger partial charge in [-0.05, 0) is 37.3 Å². The van der Waals surface area contributed by atoms with E-state index in [0.717, 1.165) is 48.2 Å². The van der Waals surface area contributed by atoms with Gasteiger partial charge in [0.05, 0.1) is 5.75 Å². The molecule has 25 heavy (non-hydrogen) atoms. The van der Waals surface area contributed by atoms with E-state index in [9.17, 15) is 4.79 Å². The van der Waals surface area contributed by atoms with Gasteiger partial charge in [0.2, 0.25) is 5.91 Å². The van der Waals surface area contributed by atoms with E-state index in [1.54, 1.807) is 11.8 Å². The summed E-state index contributed by atoms with van der Waals surface area (Å²) in [6, 6.07) is 7.82. The summed E-state index contributed by atoms with van der Waals surface area (Å²) in [6.07, 6.45) is 6.12. The molecule has 2 aromatic rings. The number of benzene rings is 1. The Morgan fingerprint density at radius 2 is 2.24 bits per heavy atom. The molecule has 1 aliphatic heterocycles. The standard InChI is InChI=1S/C19H24ClN3OS/c1-15-21-8-10-22(15)11-16-5-4-9-23(12-16)19(24)14-25-13-17-6-2-3-7-18(17)20/h2-3,6-8,10,16H,4-5,9,11-14H2,1H3/t16-/m1/s1. The van der Waals surface area contributed by atoms with E-state index in [1.807, 2.05) is 48.5 Å². The van der Waals surface area contributed by atoms with Crippen LogP contribution in [-0.4, -0.2) is 39.2 Å². The van der Waals surface area contributed by atoms with Crippen molar-refractivity contribution in [1.29, 1.82) is 0 Å². The largest absolute Gasteiger partial charge is 0.342 e. The fraction of sp³-hybridized carbons (Fsp3) is 0.474. The molecule has 134 valence electrons. The molecule has 1 aromatic carbocycles. The molecule has 4 nitrogen and oxygen atoms in total. The summed E-state index contributed by atoms with van der Waals surface area (Å²) in [5.74, 6) is 3.08. The summed E-state index contributed by atoms with van der Waals surface area (Å²) < 4.78 is 2.19. The van der Waals surface area contributed by atoms with Gasteiger partial charge in [0, 0.05) is 42.8 Å². The van der Waals surface area contributed by atoms with Gasteiger partial charge in [-0.25, -0.2) is 4.98 Å². The van der Waals surface area contributed by atoms with Gasteiger partial charge in [-0.2, -0.15) is 0 Å². The van der Waals surface area contributed by atoms with Gasteiger partial charge in [0.25, 0.3) is 0 Å². The number of hydrogen-bond donors (Lipinski definition) is 0. The molecular weight excluding hydrogens is 354 g/mol. The third kappa shape index (κ3) is 5.02. The van der Waals surface area contributed by atoms with Crippen LogP contribution in [0.2, 0.25) is 5.02 Å². The molecule has 6 heteroatoms. The monoisotopic (exact) mass is 377 g/mol. The van der Waals surface area contributed by atoms with E-state index in [1.165, 1.54) is 6.42 Å². The molecule has 1 aromatic heterocycles. The lowest BCUT2D eigenvalue weighted by molar-refractivity contribution is -0.130. The highest BCUT2D eigenvalue weighted by atomic mass is 35.5. The number of rotatable bonds is 6. The summed E-state index contributed by atoms with van der Waals surface area (Å²) in [5.41, 5.74) is 1.09. The first kappa shape index (κ1) is 18.3. The van der Waals surface area contributed by atoms with Gasteiger partial charge < -0.3 is 9.47 Å². The fourth-order valence-corrected chi connectivity index (χ4v) is 4.48. The molecule has 1 fully saturated rings. The minimum Gasteiger partial charge on any atom is -0.342 e. The predicted octanol–water partition coefficient (Wildman–Crippen LogP) is 4.02. The van der Waals surface area contributed by atoms with Gasteiger partial charge in [-0.3, -0.25) is 4.79 Å². The normalized spacial score (nSPS) is 17.7. The highest BCUT2D eigenvalue weighted by molar-refractivity contribution is 7.99. The molecule has 0 spiro atoms. The van der Waals surface area contributed by atoms with Crippen molar-refractivity contribution < 1.29 is 4.79 Å². The van der Waals surface area contributed by atoms with Gasteiger partial charge >= 0.3 is 0 Å². The molecule has 0 bridgehead atoms. The molecule has 0 saturated carbocycles. The molecule has 1 atom stereocenters. The third-order valence-electron chi connectivity index (χ3n) is 4.69. The number of aryl methyl sites for hydroxylation is 1. The van der Waals surface area contributed by atoms with Crippen molar-refractivity contribution in [3.05, 3.63) is 53.1 Å². The molecule has 1 amide bonds. The second kappa shape index (κ2) is 8.77. The third-order valence-corrected chi connectivity index (χ3v) is 6.03. The molecule has 0 aliphatic carbocycles. The van der Waals surface area contributed by atoms with E-state index in [0.29, 0.717) is 11.7 Å². The number of hydrogen-bond acceptors (Lipinski definition) is 3. The lowest BCUT2D eigenvalue weighted by atomic mass is 9.98. The van der Waals surface area contributed by atoms with Gasteiger partial charge in [0.1, 0.15) is 5.82 Å². The summed E-state index contributed by atoms with van der Waals surface area (Å²) in [5, 5.41) is 0.774. The Kier molecular flexibility index (Phi) is 6.43. The van der Waals surface area contributed by atoms with Crippen LogP contribution < -0.4 is 0 Å². The Morgan fingerprint density at radius 3 is 3.00 bits per heavy atom. The summed E-state index contributed by atoms with van der Waals surface area (Å²) in [4.78, 5) is 18.8. The lowest BCUT2D eigenvalue weighted by Gasteiger charge is -2.33. The van der Waals surface area contributed by atoms with Gasteiger partial charge in [-0.1, -0.05) is 29.8 Å². The molecule has 3 rings (SSSR count). The maximum absolute atomic E-state index is 12.5. The zero-order valence-electron chi connectivity index (χ0n) is 14.5. The highest BCUT2D eigenvalue weighted by Gasteiger charge is 2.24. The number of carbonyl (C=O) groups excluding carboxylic acids is 1. The van der Waals surface area contributed by atoms with Crippen molar-refractivity contribution in [3.63, 3.8) is 0 Å². The first-order valence-electron chi connectivity index (χ1n) is 8.70. The maximum Gasteiger partial charge on any atom is 0.232 e. The van der Waals surface area contributed by atoms with E-state index in [2.05, 4.69) is 9.55 Å². The first-order chi connectivity index (χ1) is 12.1. The SMILES string of the molecule is Cc1nccn1C[C@H]1CCCN(C(=O)CSCc2ccccc2Cl)C1. The van der Waals surface area contributed by atoms with Crippen molar-refractivity contribution in [2.75, 3.05) is 18.8 Å². The van der Waals surface area contributed by atoms with Crippen molar-refractivity contribution in [2.24, 2.45) is 5.92 Å². The Balaban J connectivity index is 1.47. The average Bonchev–Trinajstić information content (AvgIpc) is 3.01. The van der Waals surface area contributed by atoms with Gasteiger partial charge in [-0.15, -0.1) is 11.8 Å². The second-order valence-corrected chi connectivity index (χ2v) is 7.95. The van der Waals surface area contributed by atoms with Crippen LogP contribution in [0.1, 0.15) is 24.2 Å². The van der Waals surface area contributed by atoms with Crippen LogP contribution in [0.25, 0.3) is 0 Å². The maximum atomic E-state index is 12.5. The second-order valence-electron chi connectivity index (χ2n) is 6.56. The fourth-order valence-electron chi connectivity index (χ4n) is 3.27. The number of amides is 1. The number of halogens is 1. The van der Waals surface area contributed by atoms with Gasteiger partial charge in [0.15, 0.2) is 0 Å². The molecule has 2 heterocycles. The minimum absolute atomic E-state index is 0.240. The number of nitrogens with zero attached hydrogens (tertiary/aromatic N) is 3. The van der Waals surface area contributed by atoms with Crippen molar-refractivity contribution in [2.45, 2.75) is 32.1 Å². The van der Waals surface area contributed by atoms with E-state index < -0.39 is 0 Å². The molecule has 1 saturated heterocycles. The van der Waals surface area contributed by atoms with E-state index in [-0.39, 0.29) is 5.91 Å². The van der Waals surface area contributed by atoms with Crippen LogP contribution in [0.3, 0.4) is 0 Å². The number of aromatic nitrogens is 2. The quantitative estimate of drug-likeness (QED) is 0.763. The lowest BCUT2D eigenvalue weighted by Crippen LogP contribution is -2.42. The number of thioether (sulfide) groups is 1. The summed E-state index contributed by atoms with van der Waals surface area (Å²) in [7, 11) is 0.